The molecule has 0 amide bonds. The van der Waals surface area contributed by atoms with Crippen molar-refractivity contribution < 1.29 is 9.47 Å². The lowest BCUT2D eigenvalue weighted by Gasteiger charge is -2.05. The molecule has 0 unspecified atom stereocenters. The molecule has 16 heavy (non-hydrogen) atoms. The lowest BCUT2D eigenvalue weighted by atomic mass is 10.3. The van der Waals surface area contributed by atoms with E-state index in [1.54, 1.807) is 13.3 Å². The van der Waals surface area contributed by atoms with E-state index in [4.69, 9.17) is 9.47 Å². The molecule has 0 aliphatic heterocycles. The van der Waals surface area contributed by atoms with Gasteiger partial charge in [0.2, 0.25) is 0 Å². The molecule has 0 aliphatic rings. The van der Waals surface area contributed by atoms with E-state index >= 15 is 0 Å². The fraction of sp³-hybridized carbons (Fsp3) is 0.583. The third kappa shape index (κ3) is 6.50. The summed E-state index contributed by atoms with van der Waals surface area (Å²) in [6, 6.07) is 4.01. The zero-order valence-electron chi connectivity index (χ0n) is 9.82. The van der Waals surface area contributed by atoms with E-state index in [2.05, 4.69) is 16.4 Å². The molecule has 0 aromatic carbocycles. The number of pyridine rings is 1. The molecule has 0 aliphatic carbocycles. The molecule has 1 aromatic rings. The standard InChI is InChI=1S/C12H20N2O2/c1-15-8-9-16-7-3-6-14-11-12-4-2-5-13-10-12/h2,4-5,10,14H,3,6-9,11H2,1H3. The van der Waals surface area contributed by atoms with E-state index in [1.165, 1.54) is 5.56 Å². The van der Waals surface area contributed by atoms with Gasteiger partial charge in [-0.1, -0.05) is 6.07 Å². The van der Waals surface area contributed by atoms with Crippen LogP contribution >= 0.6 is 0 Å². The molecule has 1 aromatic heterocycles. The maximum atomic E-state index is 5.35. The minimum absolute atomic E-state index is 0.670. The van der Waals surface area contributed by atoms with Crippen molar-refractivity contribution in [3.63, 3.8) is 0 Å². The van der Waals surface area contributed by atoms with Crippen LogP contribution < -0.4 is 5.32 Å². The highest BCUT2D eigenvalue weighted by Gasteiger charge is 1.92. The molecule has 4 nitrogen and oxygen atoms in total. The second kappa shape index (κ2) is 9.27. The number of hydrogen-bond donors (Lipinski definition) is 1. The molecule has 1 N–H and O–H groups in total. The summed E-state index contributed by atoms with van der Waals surface area (Å²) in [5.74, 6) is 0. The van der Waals surface area contributed by atoms with Gasteiger partial charge in [0.1, 0.15) is 0 Å². The van der Waals surface area contributed by atoms with Crippen LogP contribution in [0.2, 0.25) is 0 Å². The van der Waals surface area contributed by atoms with Crippen LogP contribution in [-0.2, 0) is 16.0 Å². The highest BCUT2D eigenvalue weighted by atomic mass is 16.5. The monoisotopic (exact) mass is 224 g/mol. The first-order chi connectivity index (χ1) is 7.93. The highest BCUT2D eigenvalue weighted by Crippen LogP contribution is 1.94. The average molecular weight is 224 g/mol. The van der Waals surface area contributed by atoms with Gasteiger partial charge >= 0.3 is 0 Å². The van der Waals surface area contributed by atoms with Crippen molar-refractivity contribution in [2.24, 2.45) is 0 Å². The van der Waals surface area contributed by atoms with E-state index in [9.17, 15) is 0 Å². The first-order valence-electron chi connectivity index (χ1n) is 5.60. The quantitative estimate of drug-likeness (QED) is 0.641. The Balaban J connectivity index is 1.89. The number of methoxy groups -OCH3 is 1. The lowest BCUT2D eigenvalue weighted by Crippen LogP contribution is -2.16. The summed E-state index contributed by atoms with van der Waals surface area (Å²) in [5, 5.41) is 3.34. The summed E-state index contributed by atoms with van der Waals surface area (Å²) < 4.78 is 10.2. The first-order valence-corrected chi connectivity index (χ1v) is 5.60. The number of nitrogens with one attached hydrogen (secondary N) is 1. The van der Waals surface area contributed by atoms with Gasteiger partial charge in [0.15, 0.2) is 0 Å². The van der Waals surface area contributed by atoms with Crippen LogP contribution in [0.3, 0.4) is 0 Å². The van der Waals surface area contributed by atoms with Gasteiger partial charge in [-0.2, -0.15) is 0 Å². The molecule has 0 atom stereocenters. The SMILES string of the molecule is COCCOCCCNCc1cccnc1. The van der Waals surface area contributed by atoms with Crippen molar-refractivity contribution in [3.05, 3.63) is 30.1 Å². The highest BCUT2D eigenvalue weighted by molar-refractivity contribution is 5.07. The molecule has 4 heteroatoms. The van der Waals surface area contributed by atoms with Crippen molar-refractivity contribution in [2.75, 3.05) is 33.5 Å². The summed E-state index contributed by atoms with van der Waals surface area (Å²) in [4.78, 5) is 4.05. The number of ether oxygens (including phenoxy) is 2. The molecule has 1 rings (SSSR count). The van der Waals surface area contributed by atoms with Crippen LogP contribution in [0.15, 0.2) is 24.5 Å². The predicted octanol–water partition coefficient (Wildman–Crippen LogP) is 1.22. The van der Waals surface area contributed by atoms with Crippen LogP contribution in [0.1, 0.15) is 12.0 Å². The van der Waals surface area contributed by atoms with Crippen LogP contribution in [0.5, 0.6) is 0 Å². The summed E-state index contributed by atoms with van der Waals surface area (Å²) in [5.41, 5.74) is 1.21. The topological polar surface area (TPSA) is 43.4 Å². The molecule has 1 heterocycles. The fourth-order valence-electron chi connectivity index (χ4n) is 1.28. The summed E-state index contributed by atoms with van der Waals surface area (Å²) in [7, 11) is 1.68. The largest absolute Gasteiger partial charge is 0.382 e. The van der Waals surface area contributed by atoms with Gasteiger partial charge in [-0.15, -0.1) is 0 Å². The normalized spacial score (nSPS) is 10.6. The van der Waals surface area contributed by atoms with Crippen molar-refractivity contribution >= 4 is 0 Å². The maximum absolute atomic E-state index is 5.35. The molecule has 0 bridgehead atoms. The van der Waals surface area contributed by atoms with Gasteiger partial charge in [0.25, 0.3) is 0 Å². The first kappa shape index (κ1) is 13.1. The maximum Gasteiger partial charge on any atom is 0.0700 e. The molecule has 0 saturated carbocycles. The molecule has 90 valence electrons. The van der Waals surface area contributed by atoms with Gasteiger partial charge < -0.3 is 14.8 Å². The zero-order valence-corrected chi connectivity index (χ0v) is 9.82. The van der Waals surface area contributed by atoms with Crippen LogP contribution in [0.25, 0.3) is 0 Å². The Morgan fingerprint density at radius 2 is 2.25 bits per heavy atom. The third-order valence-electron chi connectivity index (χ3n) is 2.13. The van der Waals surface area contributed by atoms with Crippen molar-refractivity contribution in [1.29, 1.82) is 0 Å². The number of rotatable bonds is 9. The number of aromatic nitrogens is 1. The Kier molecular flexibility index (Phi) is 7.59. The van der Waals surface area contributed by atoms with Gasteiger partial charge in [0.05, 0.1) is 13.2 Å². The van der Waals surface area contributed by atoms with Crippen LogP contribution in [0.4, 0.5) is 0 Å². The average Bonchev–Trinajstić information content (AvgIpc) is 2.34. The minimum atomic E-state index is 0.670. The Hall–Kier alpha value is -0.970. The van der Waals surface area contributed by atoms with Crippen molar-refractivity contribution in [1.82, 2.24) is 10.3 Å². The summed E-state index contributed by atoms with van der Waals surface area (Å²) in [6.45, 7) is 3.96. The summed E-state index contributed by atoms with van der Waals surface area (Å²) >= 11 is 0. The second-order valence-corrected chi connectivity index (χ2v) is 3.50. The third-order valence-corrected chi connectivity index (χ3v) is 2.13. The van der Waals surface area contributed by atoms with Crippen LogP contribution in [0, 0.1) is 0 Å². The Bertz CT molecular complexity index is 254. The van der Waals surface area contributed by atoms with Gasteiger partial charge in [-0.25, -0.2) is 0 Å². The number of nitrogens with zero attached hydrogens (tertiary/aromatic N) is 1. The fourth-order valence-corrected chi connectivity index (χ4v) is 1.28. The molecule has 0 radical (unpaired) electrons. The van der Waals surface area contributed by atoms with E-state index < -0.39 is 0 Å². The minimum Gasteiger partial charge on any atom is -0.382 e. The second-order valence-electron chi connectivity index (χ2n) is 3.50. The smallest absolute Gasteiger partial charge is 0.0700 e. The molecule has 0 fully saturated rings. The molecular formula is C12H20N2O2. The van der Waals surface area contributed by atoms with Gasteiger partial charge in [0, 0.05) is 32.7 Å². The van der Waals surface area contributed by atoms with E-state index in [-0.39, 0.29) is 0 Å². The molecular weight excluding hydrogens is 204 g/mol. The Labute approximate surface area is 97.0 Å². The van der Waals surface area contributed by atoms with Crippen molar-refractivity contribution in [3.8, 4) is 0 Å². The van der Waals surface area contributed by atoms with Gasteiger partial charge in [-0.05, 0) is 24.6 Å². The van der Waals surface area contributed by atoms with E-state index in [1.807, 2.05) is 12.3 Å². The molecule has 0 saturated heterocycles. The summed E-state index contributed by atoms with van der Waals surface area (Å²) in [6.07, 6.45) is 4.68. The zero-order chi connectivity index (χ0) is 11.5. The van der Waals surface area contributed by atoms with E-state index in [0.29, 0.717) is 13.2 Å². The molecule has 0 spiro atoms. The Morgan fingerprint density at radius 3 is 3.00 bits per heavy atom. The van der Waals surface area contributed by atoms with E-state index in [0.717, 1.165) is 26.1 Å². The predicted molar refractivity (Wildman–Crippen MR) is 63.3 cm³/mol. The Morgan fingerprint density at radius 1 is 1.31 bits per heavy atom. The van der Waals surface area contributed by atoms with Crippen molar-refractivity contribution in [2.45, 2.75) is 13.0 Å². The number of hydrogen-bond acceptors (Lipinski definition) is 4. The van der Waals surface area contributed by atoms with Crippen LogP contribution in [-0.4, -0.2) is 38.5 Å². The lowest BCUT2D eigenvalue weighted by molar-refractivity contribution is 0.0695. The van der Waals surface area contributed by atoms with Gasteiger partial charge in [-0.3, -0.25) is 4.98 Å².